The van der Waals surface area contributed by atoms with Crippen molar-refractivity contribution in [2.24, 2.45) is 5.92 Å². The Kier molecular flexibility index (Phi) is 5.32. The highest BCUT2D eigenvalue weighted by atomic mass is 16.5. The number of anilines is 2. The molecule has 0 amide bonds. The highest BCUT2D eigenvalue weighted by Gasteiger charge is 2.15. The quantitative estimate of drug-likeness (QED) is 0.735. The molecule has 0 spiro atoms. The fraction of sp³-hybridized carbons (Fsp3) is 0.533. The summed E-state index contributed by atoms with van der Waals surface area (Å²) >= 11 is 0. The van der Waals surface area contributed by atoms with Gasteiger partial charge in [-0.3, -0.25) is 4.79 Å². The summed E-state index contributed by atoms with van der Waals surface area (Å²) in [6, 6.07) is 2.85. The van der Waals surface area contributed by atoms with Gasteiger partial charge in [0.15, 0.2) is 0 Å². The Morgan fingerprint density at radius 3 is 2.46 bits per heavy atom. The second-order valence-corrected chi connectivity index (χ2v) is 6.78. The third kappa shape index (κ3) is 5.82. The predicted molar refractivity (Wildman–Crippen MR) is 91.5 cm³/mol. The maximum atomic E-state index is 11.1. The number of nitrogens with one attached hydrogen (secondary N) is 3. The minimum Gasteiger partial charge on any atom is -0.403 e. The lowest BCUT2D eigenvalue weighted by molar-refractivity contribution is 0.416. The van der Waals surface area contributed by atoms with E-state index in [0.717, 1.165) is 6.54 Å². The van der Waals surface area contributed by atoms with Crippen LogP contribution >= 0.6 is 0 Å². The fourth-order valence-electron chi connectivity index (χ4n) is 1.65. The van der Waals surface area contributed by atoms with Crippen molar-refractivity contribution < 1.29 is 4.74 Å². The largest absolute Gasteiger partial charge is 0.403 e. The molecule has 2 heterocycles. The Morgan fingerprint density at radius 1 is 1.17 bits per heavy atom. The smallest absolute Gasteiger partial charge is 0.330 e. The SMILES string of the molecule is CC(C)CNc1nc(NC(C)(C)C)nc(Oc2ccc(=O)[nH]n2)n1. The molecule has 2 aromatic heterocycles. The summed E-state index contributed by atoms with van der Waals surface area (Å²) in [7, 11) is 0. The van der Waals surface area contributed by atoms with Crippen molar-refractivity contribution in [2.75, 3.05) is 17.2 Å². The van der Waals surface area contributed by atoms with E-state index in [9.17, 15) is 4.79 Å². The topological polar surface area (TPSA) is 118 Å². The first-order valence-electron chi connectivity index (χ1n) is 7.73. The van der Waals surface area contributed by atoms with Crippen LogP contribution in [0.4, 0.5) is 11.9 Å². The van der Waals surface area contributed by atoms with E-state index in [-0.39, 0.29) is 23.0 Å². The second kappa shape index (κ2) is 7.24. The van der Waals surface area contributed by atoms with Crippen LogP contribution in [0, 0.1) is 5.92 Å². The van der Waals surface area contributed by atoms with Gasteiger partial charge in [0.05, 0.1) is 0 Å². The monoisotopic (exact) mass is 333 g/mol. The molecule has 2 rings (SSSR count). The molecule has 0 fully saturated rings. The van der Waals surface area contributed by atoms with E-state index in [2.05, 4.69) is 49.6 Å². The summed E-state index contributed by atoms with van der Waals surface area (Å²) in [6.45, 7) is 10.9. The maximum absolute atomic E-state index is 11.1. The highest BCUT2D eigenvalue weighted by molar-refractivity contribution is 5.38. The van der Waals surface area contributed by atoms with Gasteiger partial charge in [0.25, 0.3) is 5.56 Å². The van der Waals surface area contributed by atoms with Crippen molar-refractivity contribution in [3.05, 3.63) is 22.5 Å². The van der Waals surface area contributed by atoms with Crippen LogP contribution in [-0.4, -0.2) is 37.2 Å². The van der Waals surface area contributed by atoms with E-state index in [0.29, 0.717) is 17.8 Å². The third-order valence-corrected chi connectivity index (χ3v) is 2.62. The van der Waals surface area contributed by atoms with Gasteiger partial charge >= 0.3 is 6.01 Å². The molecule has 130 valence electrons. The molecule has 2 aromatic rings. The van der Waals surface area contributed by atoms with Crippen molar-refractivity contribution in [2.45, 2.75) is 40.2 Å². The molecule has 0 atom stereocenters. The molecule has 24 heavy (non-hydrogen) atoms. The zero-order valence-corrected chi connectivity index (χ0v) is 14.5. The van der Waals surface area contributed by atoms with E-state index < -0.39 is 0 Å². The van der Waals surface area contributed by atoms with Crippen LogP contribution in [0.5, 0.6) is 11.9 Å². The van der Waals surface area contributed by atoms with Crippen LogP contribution in [0.3, 0.4) is 0 Å². The molecule has 9 nitrogen and oxygen atoms in total. The molecule has 0 unspecified atom stereocenters. The number of aromatic nitrogens is 5. The lowest BCUT2D eigenvalue weighted by Gasteiger charge is -2.21. The van der Waals surface area contributed by atoms with E-state index in [1.165, 1.54) is 12.1 Å². The molecule has 0 bridgehead atoms. The van der Waals surface area contributed by atoms with Crippen LogP contribution in [-0.2, 0) is 0 Å². The number of aromatic amines is 1. The first kappa shape index (κ1) is 17.6. The van der Waals surface area contributed by atoms with Gasteiger partial charge in [0.2, 0.25) is 17.8 Å². The molecule has 0 aliphatic rings. The van der Waals surface area contributed by atoms with Crippen molar-refractivity contribution in [3.63, 3.8) is 0 Å². The van der Waals surface area contributed by atoms with E-state index in [4.69, 9.17) is 4.74 Å². The maximum Gasteiger partial charge on any atom is 0.330 e. The van der Waals surface area contributed by atoms with Crippen LogP contribution < -0.4 is 20.9 Å². The van der Waals surface area contributed by atoms with E-state index in [1.807, 2.05) is 20.8 Å². The number of hydrogen-bond acceptors (Lipinski definition) is 8. The zero-order valence-electron chi connectivity index (χ0n) is 14.5. The van der Waals surface area contributed by atoms with Gasteiger partial charge in [-0.2, -0.15) is 15.0 Å². The molecular weight excluding hydrogens is 310 g/mol. The Labute approximate surface area is 140 Å². The van der Waals surface area contributed by atoms with Crippen molar-refractivity contribution >= 4 is 11.9 Å². The standard InChI is InChI=1S/C15H23N7O2/c1-9(2)8-16-12-17-13(20-15(3,4)5)19-14(18-12)24-11-7-6-10(23)21-22-11/h6-7,9H,8H2,1-5H3,(H,21,23)(H2,16,17,18,19,20). The van der Waals surface area contributed by atoms with Gasteiger partial charge in [-0.15, -0.1) is 5.10 Å². The molecule has 0 aliphatic heterocycles. The van der Waals surface area contributed by atoms with Crippen LogP contribution in [0.15, 0.2) is 16.9 Å². The zero-order chi connectivity index (χ0) is 17.7. The number of rotatable bonds is 6. The summed E-state index contributed by atoms with van der Waals surface area (Å²) < 4.78 is 5.51. The van der Waals surface area contributed by atoms with Gasteiger partial charge in [0, 0.05) is 24.2 Å². The van der Waals surface area contributed by atoms with Gasteiger partial charge < -0.3 is 15.4 Å². The summed E-state index contributed by atoms with van der Waals surface area (Å²) in [6.07, 6.45) is 0. The van der Waals surface area contributed by atoms with Gasteiger partial charge in [0.1, 0.15) is 0 Å². The number of hydrogen-bond donors (Lipinski definition) is 3. The van der Waals surface area contributed by atoms with E-state index in [1.54, 1.807) is 0 Å². The Bertz CT molecular complexity index is 717. The van der Waals surface area contributed by atoms with Crippen LogP contribution in [0.25, 0.3) is 0 Å². The second-order valence-electron chi connectivity index (χ2n) is 6.78. The Balaban J connectivity index is 2.26. The Hall–Kier alpha value is -2.71. The molecule has 9 heteroatoms. The summed E-state index contributed by atoms with van der Waals surface area (Å²) in [5, 5.41) is 12.4. The first-order chi connectivity index (χ1) is 11.2. The molecule has 0 aliphatic carbocycles. The average molecular weight is 333 g/mol. The first-order valence-corrected chi connectivity index (χ1v) is 7.73. The summed E-state index contributed by atoms with van der Waals surface area (Å²) in [5.41, 5.74) is -0.531. The minimum absolute atomic E-state index is 0.0857. The number of nitrogens with zero attached hydrogens (tertiary/aromatic N) is 4. The summed E-state index contributed by atoms with van der Waals surface area (Å²) in [5.74, 6) is 1.43. The predicted octanol–water partition coefficient (Wildman–Crippen LogP) is 2.03. The third-order valence-electron chi connectivity index (χ3n) is 2.62. The Morgan fingerprint density at radius 2 is 1.88 bits per heavy atom. The fourth-order valence-corrected chi connectivity index (χ4v) is 1.65. The van der Waals surface area contributed by atoms with Gasteiger partial charge in [-0.25, -0.2) is 5.10 Å². The lowest BCUT2D eigenvalue weighted by Crippen LogP contribution is -2.28. The minimum atomic E-state index is -0.313. The number of ether oxygens (including phenoxy) is 1. The van der Waals surface area contributed by atoms with Crippen molar-refractivity contribution in [3.8, 4) is 11.9 Å². The van der Waals surface area contributed by atoms with E-state index >= 15 is 0 Å². The average Bonchev–Trinajstić information content (AvgIpc) is 2.45. The molecule has 0 aromatic carbocycles. The van der Waals surface area contributed by atoms with Crippen molar-refractivity contribution in [1.82, 2.24) is 25.1 Å². The summed E-state index contributed by atoms with van der Waals surface area (Å²) in [4.78, 5) is 23.9. The number of H-pyrrole nitrogens is 1. The molecule has 0 saturated heterocycles. The van der Waals surface area contributed by atoms with Gasteiger partial charge in [-0.05, 0) is 26.7 Å². The molecular formula is C15H23N7O2. The lowest BCUT2D eigenvalue weighted by atomic mass is 10.1. The van der Waals surface area contributed by atoms with Crippen LogP contribution in [0.2, 0.25) is 0 Å². The normalized spacial score (nSPS) is 11.4. The van der Waals surface area contributed by atoms with Gasteiger partial charge in [-0.1, -0.05) is 13.8 Å². The molecule has 0 saturated carbocycles. The van der Waals surface area contributed by atoms with Crippen LogP contribution in [0.1, 0.15) is 34.6 Å². The molecule has 3 N–H and O–H groups in total. The highest BCUT2D eigenvalue weighted by Crippen LogP contribution is 2.19. The van der Waals surface area contributed by atoms with Crippen molar-refractivity contribution in [1.29, 1.82) is 0 Å². The molecule has 0 radical (unpaired) electrons.